The highest BCUT2D eigenvalue weighted by Crippen LogP contribution is 2.10. The van der Waals surface area contributed by atoms with Crippen LogP contribution in [0.1, 0.15) is 39.3 Å². The van der Waals surface area contributed by atoms with Gasteiger partial charge in [-0.25, -0.2) is 4.68 Å². The lowest BCUT2D eigenvalue weighted by molar-refractivity contribution is -0.132. The van der Waals surface area contributed by atoms with E-state index in [0.717, 1.165) is 25.1 Å². The molecule has 20 heavy (non-hydrogen) atoms. The van der Waals surface area contributed by atoms with E-state index in [-0.39, 0.29) is 18.0 Å². The summed E-state index contributed by atoms with van der Waals surface area (Å²) in [4.78, 5) is 25.8. The molecule has 112 valence electrons. The molecule has 1 heterocycles. The molecule has 0 atom stereocenters. The minimum absolute atomic E-state index is 0.0223. The van der Waals surface area contributed by atoms with Crippen LogP contribution in [0.5, 0.6) is 0 Å². The second-order valence-electron chi connectivity index (χ2n) is 5.09. The summed E-state index contributed by atoms with van der Waals surface area (Å²) in [7, 11) is 0. The number of carbonyl (C=O) groups excluding carboxylic acids is 1. The van der Waals surface area contributed by atoms with Gasteiger partial charge < -0.3 is 4.90 Å². The number of hydrogen-bond donors (Lipinski definition) is 0. The number of hydrogen-bond acceptors (Lipinski definition) is 3. The van der Waals surface area contributed by atoms with E-state index < -0.39 is 0 Å². The van der Waals surface area contributed by atoms with Crippen molar-refractivity contribution in [1.29, 1.82) is 0 Å². The highest BCUT2D eigenvalue weighted by atomic mass is 16.2. The van der Waals surface area contributed by atoms with E-state index in [9.17, 15) is 9.59 Å². The van der Waals surface area contributed by atoms with E-state index in [0.29, 0.717) is 12.5 Å². The molecule has 0 aliphatic carbocycles. The molecular formula is C15H25N3O2. The number of rotatable bonds is 7. The van der Waals surface area contributed by atoms with Crippen molar-refractivity contribution < 1.29 is 4.79 Å². The number of nitrogens with zero attached hydrogens (tertiary/aromatic N) is 3. The van der Waals surface area contributed by atoms with Crippen molar-refractivity contribution in [2.45, 2.75) is 47.1 Å². The van der Waals surface area contributed by atoms with Crippen molar-refractivity contribution in [3.05, 3.63) is 28.2 Å². The summed E-state index contributed by atoms with van der Waals surface area (Å²) >= 11 is 0. The van der Waals surface area contributed by atoms with Crippen LogP contribution in [0.3, 0.4) is 0 Å². The fourth-order valence-corrected chi connectivity index (χ4v) is 2.16. The van der Waals surface area contributed by atoms with Crippen LogP contribution in [0.2, 0.25) is 0 Å². The number of aryl methyl sites for hydroxylation is 1. The smallest absolute Gasteiger partial charge is 0.267 e. The largest absolute Gasteiger partial charge is 0.341 e. The summed E-state index contributed by atoms with van der Waals surface area (Å²) in [6.07, 6.45) is 2.12. The average molecular weight is 279 g/mol. The van der Waals surface area contributed by atoms with Gasteiger partial charge in [-0.15, -0.1) is 0 Å². The molecule has 0 N–H and O–H groups in total. The summed E-state index contributed by atoms with van der Waals surface area (Å²) < 4.78 is 1.24. The van der Waals surface area contributed by atoms with Crippen molar-refractivity contribution >= 4 is 5.91 Å². The van der Waals surface area contributed by atoms with Gasteiger partial charge in [-0.2, -0.15) is 5.10 Å². The molecule has 0 aliphatic rings. The minimum Gasteiger partial charge on any atom is -0.341 e. The lowest BCUT2D eigenvalue weighted by Gasteiger charge is -2.25. The van der Waals surface area contributed by atoms with Crippen LogP contribution < -0.4 is 5.56 Å². The van der Waals surface area contributed by atoms with Gasteiger partial charge in [0, 0.05) is 19.2 Å². The Labute approximate surface area is 120 Å². The van der Waals surface area contributed by atoms with Gasteiger partial charge >= 0.3 is 0 Å². The molecule has 5 heteroatoms. The Hall–Kier alpha value is -1.65. The van der Waals surface area contributed by atoms with Crippen molar-refractivity contribution in [3.8, 4) is 0 Å². The normalized spacial score (nSPS) is 10.8. The van der Waals surface area contributed by atoms with E-state index in [1.165, 1.54) is 10.7 Å². The van der Waals surface area contributed by atoms with E-state index in [2.05, 4.69) is 18.9 Å². The van der Waals surface area contributed by atoms with Gasteiger partial charge in [-0.1, -0.05) is 26.7 Å². The Morgan fingerprint density at radius 3 is 2.50 bits per heavy atom. The molecule has 0 saturated carbocycles. The molecule has 1 rings (SSSR count). The predicted molar refractivity (Wildman–Crippen MR) is 79.6 cm³/mol. The zero-order valence-electron chi connectivity index (χ0n) is 12.9. The molecule has 0 aromatic carbocycles. The second kappa shape index (κ2) is 7.82. The van der Waals surface area contributed by atoms with E-state index in [1.54, 1.807) is 6.07 Å². The van der Waals surface area contributed by atoms with Gasteiger partial charge in [-0.05, 0) is 25.8 Å². The lowest BCUT2D eigenvalue weighted by atomic mass is 10.0. The third-order valence-corrected chi connectivity index (χ3v) is 3.65. The highest BCUT2D eigenvalue weighted by Gasteiger charge is 2.17. The highest BCUT2D eigenvalue weighted by molar-refractivity contribution is 5.75. The Bertz CT molecular complexity index is 492. The molecule has 0 saturated heterocycles. The molecule has 1 aromatic heterocycles. The summed E-state index contributed by atoms with van der Waals surface area (Å²) in [6.45, 7) is 9.49. The van der Waals surface area contributed by atoms with Crippen LogP contribution in [-0.4, -0.2) is 33.7 Å². The third-order valence-electron chi connectivity index (χ3n) is 3.65. The number of carbonyl (C=O) groups is 1. The van der Waals surface area contributed by atoms with Gasteiger partial charge in [-0.3, -0.25) is 9.59 Å². The van der Waals surface area contributed by atoms with Crippen LogP contribution in [0, 0.1) is 12.8 Å². The van der Waals surface area contributed by atoms with Crippen LogP contribution in [-0.2, 0) is 11.3 Å². The zero-order chi connectivity index (χ0) is 15.1. The summed E-state index contributed by atoms with van der Waals surface area (Å²) in [5.41, 5.74) is 0.503. The number of likely N-dealkylation sites (N-methyl/N-ethyl adjacent to an activating group) is 1. The molecule has 0 aliphatic heterocycles. The second-order valence-corrected chi connectivity index (χ2v) is 5.09. The monoisotopic (exact) mass is 279 g/mol. The Balaban J connectivity index is 2.77. The first-order valence-corrected chi connectivity index (χ1v) is 7.34. The predicted octanol–water partition coefficient (Wildman–Crippen LogP) is 1.84. The minimum atomic E-state index is -0.234. The van der Waals surface area contributed by atoms with Crippen molar-refractivity contribution in [2.24, 2.45) is 5.92 Å². The molecule has 1 aromatic rings. The number of aromatic nitrogens is 2. The third kappa shape index (κ3) is 4.47. The summed E-state index contributed by atoms with van der Waals surface area (Å²) in [6, 6.07) is 3.11. The first-order valence-electron chi connectivity index (χ1n) is 7.34. The fraction of sp³-hybridized carbons (Fsp3) is 0.667. The Morgan fingerprint density at radius 1 is 1.30 bits per heavy atom. The zero-order valence-corrected chi connectivity index (χ0v) is 12.9. The maximum atomic E-state index is 12.3. The topological polar surface area (TPSA) is 55.2 Å². The maximum Gasteiger partial charge on any atom is 0.267 e. The molecule has 0 spiro atoms. The molecule has 5 nitrogen and oxygen atoms in total. The van der Waals surface area contributed by atoms with Gasteiger partial charge in [0.05, 0.1) is 5.69 Å². The fourth-order valence-electron chi connectivity index (χ4n) is 2.16. The number of amides is 1. The first-order chi connectivity index (χ1) is 9.51. The van der Waals surface area contributed by atoms with E-state index in [1.807, 2.05) is 18.7 Å². The molecule has 0 radical (unpaired) electrons. The lowest BCUT2D eigenvalue weighted by Crippen LogP contribution is -2.39. The van der Waals surface area contributed by atoms with Crippen LogP contribution in [0.4, 0.5) is 0 Å². The van der Waals surface area contributed by atoms with Gasteiger partial charge in [0.2, 0.25) is 5.91 Å². The van der Waals surface area contributed by atoms with E-state index >= 15 is 0 Å². The SMILES string of the molecule is CCC(CC)CN(CC)C(=O)Cn1nc(C)ccc1=O. The van der Waals surface area contributed by atoms with Gasteiger partial charge in [0.1, 0.15) is 6.54 Å². The van der Waals surface area contributed by atoms with Gasteiger partial charge in [0.15, 0.2) is 0 Å². The molecule has 0 fully saturated rings. The first kappa shape index (κ1) is 16.4. The van der Waals surface area contributed by atoms with Crippen LogP contribution >= 0.6 is 0 Å². The van der Waals surface area contributed by atoms with Crippen molar-refractivity contribution in [2.75, 3.05) is 13.1 Å². The van der Waals surface area contributed by atoms with Crippen molar-refractivity contribution in [1.82, 2.24) is 14.7 Å². The maximum absolute atomic E-state index is 12.3. The Morgan fingerprint density at radius 2 is 1.95 bits per heavy atom. The van der Waals surface area contributed by atoms with E-state index in [4.69, 9.17) is 0 Å². The van der Waals surface area contributed by atoms with Crippen LogP contribution in [0.15, 0.2) is 16.9 Å². The summed E-state index contributed by atoms with van der Waals surface area (Å²) in [5.74, 6) is 0.473. The molecule has 0 unspecified atom stereocenters. The quantitative estimate of drug-likeness (QED) is 0.765. The standard InChI is InChI=1S/C15H25N3O2/c1-5-13(6-2)10-17(7-3)15(20)11-18-14(19)9-8-12(4)16-18/h8-9,13H,5-7,10-11H2,1-4H3. The Kier molecular flexibility index (Phi) is 6.42. The van der Waals surface area contributed by atoms with Crippen molar-refractivity contribution in [3.63, 3.8) is 0 Å². The summed E-state index contributed by atoms with van der Waals surface area (Å²) in [5, 5.41) is 4.11. The van der Waals surface area contributed by atoms with Crippen LogP contribution in [0.25, 0.3) is 0 Å². The average Bonchev–Trinajstić information content (AvgIpc) is 2.44. The molecular weight excluding hydrogens is 254 g/mol. The molecule has 0 bridgehead atoms. The van der Waals surface area contributed by atoms with Gasteiger partial charge in [0.25, 0.3) is 5.56 Å². The molecule has 1 amide bonds.